The number of nitrogens with one attached hydrogen (secondary N) is 1. The minimum atomic E-state index is -2.69. The van der Waals surface area contributed by atoms with Gasteiger partial charge in [0.25, 0.3) is 0 Å². The Bertz CT molecular complexity index is 1350. The maximum Gasteiger partial charge on any atom is 0.170 e. The van der Waals surface area contributed by atoms with Crippen LogP contribution in [0, 0.1) is 5.82 Å². The van der Waals surface area contributed by atoms with Crippen LogP contribution in [0.3, 0.4) is 0 Å². The Balaban J connectivity index is 1.88. The van der Waals surface area contributed by atoms with E-state index in [9.17, 15) is 13.2 Å². The first kappa shape index (κ1) is 27.2. The highest BCUT2D eigenvalue weighted by Gasteiger charge is 2.31. The standard InChI is InChI=1S/C24H26FN7O5S/c1-4-37-22(23-27-13-16(25)14-28-23)17(31-38(33)34)11-20-29-30-24(15-7-6-10-26-12-15)32(20)21-18(35-2)8-5-9-19(21)36-3/h5-10,12-14,17,22,31H,4,11H2,1-3H3,(H,33,34)/p-1/t17-,22-/m0/s1. The van der Waals surface area contributed by atoms with Gasteiger partial charge in [-0.2, -0.15) is 0 Å². The summed E-state index contributed by atoms with van der Waals surface area (Å²) in [6.45, 7) is 1.95. The summed E-state index contributed by atoms with van der Waals surface area (Å²) >= 11 is -2.69. The van der Waals surface area contributed by atoms with Gasteiger partial charge in [0.15, 0.2) is 17.5 Å². The van der Waals surface area contributed by atoms with Gasteiger partial charge in [-0.25, -0.2) is 19.1 Å². The van der Waals surface area contributed by atoms with Crippen LogP contribution >= 0.6 is 0 Å². The summed E-state index contributed by atoms with van der Waals surface area (Å²) in [5, 5.41) is 8.79. The van der Waals surface area contributed by atoms with Gasteiger partial charge in [0, 0.05) is 42.3 Å². The molecule has 200 valence electrons. The van der Waals surface area contributed by atoms with Crippen LogP contribution in [0.2, 0.25) is 0 Å². The lowest BCUT2D eigenvalue weighted by Gasteiger charge is -2.28. The van der Waals surface area contributed by atoms with Crippen molar-refractivity contribution >= 4 is 11.3 Å². The molecule has 0 radical (unpaired) electrons. The molecular formula is C24H25FN7O5S-. The molecule has 3 heterocycles. The number of pyridine rings is 1. The van der Waals surface area contributed by atoms with E-state index in [1.165, 1.54) is 14.2 Å². The highest BCUT2D eigenvalue weighted by molar-refractivity contribution is 7.77. The van der Waals surface area contributed by atoms with Gasteiger partial charge in [-0.3, -0.25) is 13.8 Å². The minimum Gasteiger partial charge on any atom is -0.760 e. The van der Waals surface area contributed by atoms with E-state index in [4.69, 9.17) is 14.2 Å². The molecule has 38 heavy (non-hydrogen) atoms. The summed E-state index contributed by atoms with van der Waals surface area (Å²) in [5.74, 6) is 1.17. The lowest BCUT2D eigenvalue weighted by molar-refractivity contribution is 0.0320. The first-order valence-electron chi connectivity index (χ1n) is 11.5. The summed E-state index contributed by atoms with van der Waals surface area (Å²) in [6, 6.07) is 7.92. The van der Waals surface area contributed by atoms with Crippen LogP contribution in [0.5, 0.6) is 11.5 Å². The van der Waals surface area contributed by atoms with Crippen molar-refractivity contribution in [3.8, 4) is 28.6 Å². The van der Waals surface area contributed by atoms with E-state index in [-0.39, 0.29) is 18.9 Å². The third kappa shape index (κ3) is 5.99. The van der Waals surface area contributed by atoms with Crippen LogP contribution in [0.15, 0.2) is 55.1 Å². The van der Waals surface area contributed by atoms with Crippen molar-refractivity contribution in [2.75, 3.05) is 20.8 Å². The van der Waals surface area contributed by atoms with Crippen molar-refractivity contribution in [1.29, 1.82) is 0 Å². The monoisotopic (exact) mass is 542 g/mol. The van der Waals surface area contributed by atoms with Crippen molar-refractivity contribution in [2.45, 2.75) is 25.5 Å². The molecule has 0 spiro atoms. The zero-order valence-corrected chi connectivity index (χ0v) is 21.6. The average Bonchev–Trinajstić information content (AvgIpc) is 3.34. The largest absolute Gasteiger partial charge is 0.760 e. The highest BCUT2D eigenvalue weighted by Crippen LogP contribution is 2.36. The third-order valence-corrected chi connectivity index (χ3v) is 6.03. The molecule has 0 saturated heterocycles. The maximum absolute atomic E-state index is 13.5. The Kier molecular flexibility index (Phi) is 9.02. The van der Waals surface area contributed by atoms with Gasteiger partial charge in [0.05, 0.1) is 32.7 Å². The normalized spacial score (nSPS) is 13.6. The Morgan fingerprint density at radius 3 is 2.37 bits per heavy atom. The Morgan fingerprint density at radius 2 is 1.79 bits per heavy atom. The van der Waals surface area contributed by atoms with Crippen molar-refractivity contribution in [2.24, 2.45) is 0 Å². The first-order chi connectivity index (χ1) is 18.5. The SMILES string of the molecule is CCO[C@H](c1ncc(F)cn1)[C@H](Cc1nnc(-c2cccnc2)n1-c1c(OC)cccc1OC)NS(=O)[O-]. The number of hydrogen-bond acceptors (Lipinski definition) is 10. The summed E-state index contributed by atoms with van der Waals surface area (Å²) in [6.07, 6.45) is 4.25. The molecular weight excluding hydrogens is 517 g/mol. The van der Waals surface area contributed by atoms with Crippen molar-refractivity contribution in [3.05, 3.63) is 72.6 Å². The van der Waals surface area contributed by atoms with Gasteiger partial charge >= 0.3 is 0 Å². The zero-order valence-electron chi connectivity index (χ0n) is 20.8. The molecule has 12 nitrogen and oxygen atoms in total. The number of rotatable bonds is 12. The lowest BCUT2D eigenvalue weighted by atomic mass is 10.1. The van der Waals surface area contributed by atoms with Gasteiger partial charge in [-0.1, -0.05) is 6.07 Å². The summed E-state index contributed by atoms with van der Waals surface area (Å²) < 4.78 is 58.4. The van der Waals surface area contributed by atoms with E-state index < -0.39 is 29.2 Å². The molecule has 0 aliphatic heterocycles. The van der Waals surface area contributed by atoms with Crippen molar-refractivity contribution in [3.63, 3.8) is 0 Å². The maximum atomic E-state index is 13.5. The predicted molar refractivity (Wildman–Crippen MR) is 134 cm³/mol. The van der Waals surface area contributed by atoms with Gasteiger partial charge in [-0.15, -0.1) is 10.2 Å². The smallest absolute Gasteiger partial charge is 0.170 e. The average molecular weight is 543 g/mol. The predicted octanol–water partition coefficient (Wildman–Crippen LogP) is 2.35. The van der Waals surface area contributed by atoms with Gasteiger partial charge in [0.1, 0.15) is 29.1 Å². The molecule has 4 rings (SSSR count). The molecule has 4 aromatic rings. The third-order valence-electron chi connectivity index (χ3n) is 5.53. The minimum absolute atomic E-state index is 0.0200. The van der Waals surface area contributed by atoms with Crippen LogP contribution in [-0.4, -0.2) is 65.3 Å². The van der Waals surface area contributed by atoms with E-state index in [0.717, 1.165) is 12.4 Å². The molecule has 0 saturated carbocycles. The molecule has 0 aliphatic carbocycles. The summed E-state index contributed by atoms with van der Waals surface area (Å²) in [4.78, 5) is 12.2. The molecule has 1 N–H and O–H groups in total. The molecule has 0 amide bonds. The molecule has 1 aromatic carbocycles. The zero-order chi connectivity index (χ0) is 27.1. The van der Waals surface area contributed by atoms with Gasteiger partial charge < -0.3 is 18.8 Å². The van der Waals surface area contributed by atoms with Crippen LogP contribution in [0.4, 0.5) is 4.39 Å². The number of aromatic nitrogens is 6. The fraction of sp³-hybridized carbons (Fsp3) is 0.292. The van der Waals surface area contributed by atoms with E-state index in [2.05, 4.69) is 29.9 Å². The quantitative estimate of drug-likeness (QED) is 0.264. The van der Waals surface area contributed by atoms with Crippen molar-refractivity contribution in [1.82, 2.24) is 34.4 Å². The number of benzene rings is 1. The highest BCUT2D eigenvalue weighted by atomic mass is 32.2. The lowest BCUT2D eigenvalue weighted by Crippen LogP contribution is -2.40. The van der Waals surface area contributed by atoms with Crippen LogP contribution in [-0.2, 0) is 22.4 Å². The first-order valence-corrected chi connectivity index (χ1v) is 12.5. The second-order valence-electron chi connectivity index (χ2n) is 7.83. The van der Waals surface area contributed by atoms with E-state index in [1.54, 1.807) is 48.1 Å². The van der Waals surface area contributed by atoms with Crippen LogP contribution < -0.4 is 14.2 Å². The number of para-hydroxylation sites is 1. The molecule has 0 bridgehead atoms. The summed E-state index contributed by atoms with van der Waals surface area (Å²) in [5.41, 5.74) is 1.16. The van der Waals surface area contributed by atoms with Crippen molar-refractivity contribution < 1.29 is 27.4 Å². The Hall–Kier alpha value is -3.85. The number of hydrogen-bond donors (Lipinski definition) is 1. The van der Waals surface area contributed by atoms with E-state index in [0.29, 0.717) is 34.4 Å². The Morgan fingerprint density at radius 1 is 1.08 bits per heavy atom. The van der Waals surface area contributed by atoms with Gasteiger partial charge in [-0.05, 0) is 31.2 Å². The number of ether oxygens (including phenoxy) is 3. The Labute approximate surface area is 220 Å². The van der Waals surface area contributed by atoms with Gasteiger partial charge in [0.2, 0.25) is 0 Å². The van der Waals surface area contributed by atoms with E-state index in [1.807, 2.05) is 6.07 Å². The van der Waals surface area contributed by atoms with E-state index >= 15 is 0 Å². The molecule has 3 atom stereocenters. The van der Waals surface area contributed by atoms with Crippen LogP contribution in [0.25, 0.3) is 17.1 Å². The fourth-order valence-corrected chi connectivity index (χ4v) is 4.42. The molecule has 0 fully saturated rings. The number of halogens is 1. The molecule has 0 aliphatic rings. The summed E-state index contributed by atoms with van der Waals surface area (Å²) in [7, 11) is 3.04. The molecule has 14 heteroatoms. The molecule has 3 aromatic heterocycles. The topological polar surface area (TPSA) is 149 Å². The number of nitrogens with zero attached hydrogens (tertiary/aromatic N) is 6. The number of methoxy groups -OCH3 is 2. The molecule has 1 unspecified atom stereocenters. The second-order valence-corrected chi connectivity index (χ2v) is 8.53. The second kappa shape index (κ2) is 12.6. The van der Waals surface area contributed by atoms with Crippen LogP contribution in [0.1, 0.15) is 24.7 Å². The fourth-order valence-electron chi connectivity index (χ4n) is 3.97.